The van der Waals surface area contributed by atoms with Crippen LogP contribution in [0.1, 0.15) is 54.3 Å². The number of H-pyrrole nitrogens is 1. The maximum Gasteiger partial charge on any atom is 0.263 e. The van der Waals surface area contributed by atoms with Crippen molar-refractivity contribution in [3.8, 4) is 0 Å². The Morgan fingerprint density at radius 1 is 1.45 bits per heavy atom. The molecule has 1 aliphatic rings. The average Bonchev–Trinajstić information content (AvgIpc) is 2.89. The highest BCUT2D eigenvalue weighted by atomic mass is 32.1. The molecule has 1 atom stereocenters. The van der Waals surface area contributed by atoms with E-state index in [4.69, 9.17) is 0 Å². The molecule has 1 N–H and O–H groups in total. The van der Waals surface area contributed by atoms with Crippen molar-refractivity contribution in [1.82, 2.24) is 14.9 Å². The molecule has 1 unspecified atom stereocenters. The number of rotatable bonds is 2. The van der Waals surface area contributed by atoms with E-state index < -0.39 is 0 Å². The van der Waals surface area contributed by atoms with Crippen LogP contribution in [0.3, 0.4) is 0 Å². The van der Waals surface area contributed by atoms with E-state index in [0.717, 1.165) is 11.3 Å². The normalized spacial score (nSPS) is 18.1. The second-order valence-corrected chi connectivity index (χ2v) is 7.52. The van der Waals surface area contributed by atoms with Crippen LogP contribution in [0.2, 0.25) is 0 Å². The van der Waals surface area contributed by atoms with Gasteiger partial charge in [-0.05, 0) is 17.9 Å². The van der Waals surface area contributed by atoms with Crippen LogP contribution in [0, 0.1) is 0 Å². The van der Waals surface area contributed by atoms with Crippen LogP contribution in [0.15, 0.2) is 28.5 Å². The van der Waals surface area contributed by atoms with E-state index in [1.165, 1.54) is 6.20 Å². The van der Waals surface area contributed by atoms with Crippen molar-refractivity contribution in [2.75, 3.05) is 6.54 Å². The van der Waals surface area contributed by atoms with Crippen molar-refractivity contribution in [2.24, 2.45) is 0 Å². The molecule has 3 heterocycles. The van der Waals surface area contributed by atoms with Crippen LogP contribution in [-0.2, 0) is 5.41 Å². The van der Waals surface area contributed by atoms with Crippen molar-refractivity contribution >= 4 is 17.2 Å². The Morgan fingerprint density at radius 3 is 2.73 bits per heavy atom. The van der Waals surface area contributed by atoms with Crippen molar-refractivity contribution in [2.45, 2.75) is 38.6 Å². The number of nitrogens with zero attached hydrogens (tertiary/aromatic N) is 2. The summed E-state index contributed by atoms with van der Waals surface area (Å²) in [6.45, 7) is 6.58. The first-order valence-electron chi connectivity index (χ1n) is 7.32. The van der Waals surface area contributed by atoms with Crippen molar-refractivity contribution in [3.63, 3.8) is 0 Å². The van der Waals surface area contributed by atoms with Gasteiger partial charge in [-0.2, -0.15) is 0 Å². The largest absolute Gasteiger partial charge is 0.330 e. The van der Waals surface area contributed by atoms with Crippen LogP contribution in [0.4, 0.5) is 0 Å². The minimum absolute atomic E-state index is 0.0918. The predicted molar refractivity (Wildman–Crippen MR) is 86.3 cm³/mol. The summed E-state index contributed by atoms with van der Waals surface area (Å²) >= 11 is 1.64. The Bertz CT molecular complexity index is 743. The summed E-state index contributed by atoms with van der Waals surface area (Å²) in [4.78, 5) is 34.7. The Balaban J connectivity index is 1.86. The number of amides is 1. The SMILES string of the molecule is CC(C)(C)c1ncc(C(=O)N2CCC2c2cccs2)c(=O)[nH]1. The van der Waals surface area contributed by atoms with Crippen LogP contribution >= 0.6 is 11.3 Å². The Kier molecular flexibility index (Phi) is 3.64. The van der Waals surface area contributed by atoms with Crippen molar-refractivity contribution < 1.29 is 4.79 Å². The molecule has 3 rings (SSSR count). The van der Waals surface area contributed by atoms with E-state index in [9.17, 15) is 9.59 Å². The highest BCUT2D eigenvalue weighted by Gasteiger charge is 2.35. The molecule has 1 fully saturated rings. The zero-order valence-electron chi connectivity index (χ0n) is 12.9. The number of aromatic amines is 1. The van der Waals surface area contributed by atoms with Gasteiger partial charge in [0.25, 0.3) is 11.5 Å². The van der Waals surface area contributed by atoms with Gasteiger partial charge in [0.1, 0.15) is 11.4 Å². The third-order valence-corrected chi connectivity index (χ3v) is 4.87. The lowest BCUT2D eigenvalue weighted by Crippen LogP contribution is -2.46. The van der Waals surface area contributed by atoms with Gasteiger partial charge in [-0.3, -0.25) is 9.59 Å². The molecule has 1 aliphatic heterocycles. The van der Waals surface area contributed by atoms with E-state index in [-0.39, 0.29) is 28.5 Å². The van der Waals surface area contributed by atoms with Gasteiger partial charge in [-0.15, -0.1) is 11.3 Å². The first-order valence-corrected chi connectivity index (χ1v) is 8.20. The molecule has 0 aromatic carbocycles. The van der Waals surface area contributed by atoms with Gasteiger partial charge in [0.05, 0.1) is 6.04 Å². The summed E-state index contributed by atoms with van der Waals surface area (Å²) < 4.78 is 0. The van der Waals surface area contributed by atoms with E-state index in [1.54, 1.807) is 16.2 Å². The summed E-state index contributed by atoms with van der Waals surface area (Å²) in [5.74, 6) is 0.353. The summed E-state index contributed by atoms with van der Waals surface area (Å²) in [5.41, 5.74) is -0.493. The molecule has 22 heavy (non-hydrogen) atoms. The lowest BCUT2D eigenvalue weighted by molar-refractivity contribution is 0.0465. The number of thiophene rings is 1. The molecule has 0 spiro atoms. The molecular formula is C16H19N3O2S. The molecule has 1 saturated heterocycles. The zero-order chi connectivity index (χ0) is 15.9. The van der Waals surface area contributed by atoms with Crippen molar-refractivity contribution in [3.05, 3.63) is 50.3 Å². The van der Waals surface area contributed by atoms with E-state index in [0.29, 0.717) is 12.4 Å². The van der Waals surface area contributed by atoms with Crippen LogP contribution < -0.4 is 5.56 Å². The van der Waals surface area contributed by atoms with Crippen LogP contribution in [0.25, 0.3) is 0 Å². The fourth-order valence-electron chi connectivity index (χ4n) is 2.49. The van der Waals surface area contributed by atoms with Crippen LogP contribution in [0.5, 0.6) is 0 Å². The molecule has 5 nitrogen and oxygen atoms in total. The van der Waals surface area contributed by atoms with Crippen molar-refractivity contribution in [1.29, 1.82) is 0 Å². The average molecular weight is 317 g/mol. The second-order valence-electron chi connectivity index (χ2n) is 6.54. The Morgan fingerprint density at radius 2 is 2.23 bits per heavy atom. The van der Waals surface area contributed by atoms with Gasteiger partial charge in [-0.1, -0.05) is 26.8 Å². The molecule has 0 aliphatic carbocycles. The lowest BCUT2D eigenvalue weighted by atomic mass is 9.95. The summed E-state index contributed by atoms with van der Waals surface area (Å²) in [6, 6.07) is 4.10. The van der Waals surface area contributed by atoms with E-state index in [1.807, 2.05) is 38.3 Å². The molecule has 0 bridgehead atoms. The second kappa shape index (κ2) is 5.35. The molecule has 2 aromatic rings. The van der Waals surface area contributed by atoms with Gasteiger partial charge < -0.3 is 9.88 Å². The summed E-state index contributed by atoms with van der Waals surface area (Å²) in [7, 11) is 0. The number of carbonyl (C=O) groups excluding carboxylic acids is 1. The summed E-state index contributed by atoms with van der Waals surface area (Å²) in [6.07, 6.45) is 2.35. The molecule has 6 heteroatoms. The molecule has 1 amide bonds. The smallest absolute Gasteiger partial charge is 0.263 e. The first-order chi connectivity index (χ1) is 10.4. The summed E-state index contributed by atoms with van der Waals surface area (Å²) in [5, 5.41) is 2.00. The number of aromatic nitrogens is 2. The highest BCUT2D eigenvalue weighted by Crippen LogP contribution is 2.36. The predicted octanol–water partition coefficient (Wildman–Crippen LogP) is 2.72. The van der Waals surface area contributed by atoms with E-state index >= 15 is 0 Å². The van der Waals surface area contributed by atoms with Gasteiger partial charge in [0, 0.05) is 23.0 Å². The van der Waals surface area contributed by atoms with Gasteiger partial charge >= 0.3 is 0 Å². The molecule has 2 aromatic heterocycles. The maximum atomic E-state index is 12.6. The molecular weight excluding hydrogens is 298 g/mol. The quantitative estimate of drug-likeness (QED) is 0.926. The van der Waals surface area contributed by atoms with Gasteiger partial charge in [-0.25, -0.2) is 4.98 Å². The standard InChI is InChI=1S/C16H19N3O2S/c1-16(2,3)15-17-9-10(13(20)18-15)14(21)19-7-6-11(19)12-5-4-8-22-12/h4-5,8-9,11H,6-7H2,1-3H3,(H,17,18,20). The zero-order valence-corrected chi connectivity index (χ0v) is 13.7. The topological polar surface area (TPSA) is 66.1 Å². The minimum atomic E-state index is -0.359. The first kappa shape index (κ1) is 15.0. The third kappa shape index (κ3) is 2.59. The molecule has 0 saturated carbocycles. The van der Waals surface area contributed by atoms with E-state index in [2.05, 4.69) is 9.97 Å². The highest BCUT2D eigenvalue weighted by molar-refractivity contribution is 7.10. The number of likely N-dealkylation sites (tertiary alicyclic amines) is 1. The van der Waals surface area contributed by atoms with Crippen LogP contribution in [-0.4, -0.2) is 27.3 Å². The number of hydrogen-bond acceptors (Lipinski definition) is 4. The van der Waals surface area contributed by atoms with Gasteiger partial charge in [0.15, 0.2) is 0 Å². The monoisotopic (exact) mass is 317 g/mol. The maximum absolute atomic E-state index is 12.6. The third-order valence-electron chi connectivity index (χ3n) is 3.89. The molecule has 0 radical (unpaired) electrons. The van der Waals surface area contributed by atoms with Gasteiger partial charge in [0.2, 0.25) is 0 Å². The Labute approximate surface area is 133 Å². The number of nitrogens with one attached hydrogen (secondary N) is 1. The Hall–Kier alpha value is -1.95. The fraction of sp³-hybridized carbons (Fsp3) is 0.438. The fourth-order valence-corrected chi connectivity index (χ4v) is 3.36. The molecule has 116 valence electrons. The minimum Gasteiger partial charge on any atom is -0.330 e. The number of hydrogen-bond donors (Lipinski definition) is 1. The number of carbonyl (C=O) groups is 1. The lowest BCUT2D eigenvalue weighted by Gasteiger charge is -2.40.